The highest BCUT2D eigenvalue weighted by molar-refractivity contribution is 7.90. The van der Waals surface area contributed by atoms with Crippen LogP contribution in [0, 0.1) is 0 Å². The molecule has 0 aliphatic carbocycles. The van der Waals surface area contributed by atoms with Crippen LogP contribution in [0.5, 0.6) is 11.5 Å². The van der Waals surface area contributed by atoms with E-state index in [-0.39, 0.29) is 10.9 Å². The molecule has 1 atom stereocenters. The van der Waals surface area contributed by atoms with Crippen LogP contribution in [-0.2, 0) is 9.84 Å². The molecule has 0 saturated carbocycles. The Morgan fingerprint density at radius 3 is 2.83 bits per heavy atom. The summed E-state index contributed by atoms with van der Waals surface area (Å²) in [5.41, 5.74) is 1.92. The van der Waals surface area contributed by atoms with Gasteiger partial charge in [0.1, 0.15) is 11.5 Å². The molecule has 1 aliphatic heterocycles. The van der Waals surface area contributed by atoms with Crippen molar-refractivity contribution in [3.8, 4) is 11.5 Å². The van der Waals surface area contributed by atoms with Gasteiger partial charge in [0.15, 0.2) is 9.84 Å². The SMILES string of the molecule is C=C(c1cncc(Oc2cccc(S(C)(=O)=O)c2)c1)[C@H]1CCCN1. The molecule has 1 fully saturated rings. The van der Waals surface area contributed by atoms with Crippen molar-refractivity contribution in [2.45, 2.75) is 23.8 Å². The largest absolute Gasteiger partial charge is 0.456 e. The molecule has 126 valence electrons. The summed E-state index contributed by atoms with van der Waals surface area (Å²) in [6.07, 6.45) is 6.76. The predicted molar refractivity (Wildman–Crippen MR) is 93.9 cm³/mol. The van der Waals surface area contributed by atoms with Gasteiger partial charge in [-0.3, -0.25) is 4.98 Å². The Morgan fingerprint density at radius 1 is 1.29 bits per heavy atom. The first-order valence-electron chi connectivity index (χ1n) is 7.79. The Labute approximate surface area is 142 Å². The van der Waals surface area contributed by atoms with E-state index in [2.05, 4.69) is 16.9 Å². The number of benzene rings is 1. The molecule has 5 nitrogen and oxygen atoms in total. The molecule has 1 aromatic heterocycles. The Bertz CT molecular complexity index is 856. The molecule has 2 aromatic rings. The maximum absolute atomic E-state index is 11.6. The molecule has 6 heteroatoms. The van der Waals surface area contributed by atoms with E-state index < -0.39 is 9.84 Å². The summed E-state index contributed by atoms with van der Waals surface area (Å²) in [7, 11) is -3.27. The lowest BCUT2D eigenvalue weighted by Gasteiger charge is -2.15. The molecule has 1 aromatic carbocycles. The van der Waals surface area contributed by atoms with E-state index in [1.165, 1.54) is 12.3 Å². The van der Waals surface area contributed by atoms with E-state index in [1.54, 1.807) is 30.6 Å². The highest BCUT2D eigenvalue weighted by atomic mass is 32.2. The molecule has 2 heterocycles. The lowest BCUT2D eigenvalue weighted by molar-refractivity contribution is 0.478. The lowest BCUT2D eigenvalue weighted by Crippen LogP contribution is -2.22. The second kappa shape index (κ2) is 6.75. The number of sulfone groups is 1. The fourth-order valence-corrected chi connectivity index (χ4v) is 3.39. The van der Waals surface area contributed by atoms with Crippen molar-refractivity contribution in [2.24, 2.45) is 0 Å². The number of pyridine rings is 1. The Balaban J connectivity index is 1.81. The zero-order valence-electron chi connectivity index (χ0n) is 13.5. The van der Waals surface area contributed by atoms with E-state index in [4.69, 9.17) is 4.74 Å². The number of rotatable bonds is 5. The number of ether oxygens (including phenoxy) is 1. The third kappa shape index (κ3) is 3.83. The molecular formula is C18H20N2O3S. The van der Waals surface area contributed by atoms with Crippen molar-refractivity contribution < 1.29 is 13.2 Å². The number of hydrogen-bond donors (Lipinski definition) is 1. The third-order valence-electron chi connectivity index (χ3n) is 4.03. The summed E-state index contributed by atoms with van der Waals surface area (Å²) in [5, 5.41) is 3.41. The monoisotopic (exact) mass is 344 g/mol. The Hall–Kier alpha value is -2.18. The van der Waals surface area contributed by atoms with Crippen LogP contribution in [0.25, 0.3) is 5.57 Å². The molecule has 1 saturated heterocycles. The quantitative estimate of drug-likeness (QED) is 0.903. The second-order valence-electron chi connectivity index (χ2n) is 5.93. The molecule has 0 bridgehead atoms. The van der Waals surface area contributed by atoms with Gasteiger partial charge >= 0.3 is 0 Å². The van der Waals surface area contributed by atoms with Crippen LogP contribution in [0.4, 0.5) is 0 Å². The summed E-state index contributed by atoms with van der Waals surface area (Å²) < 4.78 is 29.1. The van der Waals surface area contributed by atoms with Gasteiger partial charge in [0, 0.05) is 24.1 Å². The van der Waals surface area contributed by atoms with Crippen LogP contribution in [0.15, 0.2) is 54.2 Å². The fraction of sp³-hybridized carbons (Fsp3) is 0.278. The zero-order chi connectivity index (χ0) is 17.2. The molecule has 0 amide bonds. The van der Waals surface area contributed by atoms with Gasteiger partial charge in [-0.15, -0.1) is 0 Å². The lowest BCUT2D eigenvalue weighted by atomic mass is 10.0. The van der Waals surface area contributed by atoms with Crippen LogP contribution >= 0.6 is 0 Å². The number of nitrogens with one attached hydrogen (secondary N) is 1. The minimum absolute atomic E-state index is 0.226. The van der Waals surface area contributed by atoms with Gasteiger partial charge in [-0.05, 0) is 49.2 Å². The molecule has 24 heavy (non-hydrogen) atoms. The first-order valence-corrected chi connectivity index (χ1v) is 9.68. The smallest absolute Gasteiger partial charge is 0.175 e. The fourth-order valence-electron chi connectivity index (χ4n) is 2.74. The van der Waals surface area contributed by atoms with Crippen molar-refractivity contribution in [3.05, 3.63) is 54.9 Å². The van der Waals surface area contributed by atoms with Crippen molar-refractivity contribution in [3.63, 3.8) is 0 Å². The highest BCUT2D eigenvalue weighted by Crippen LogP contribution is 2.28. The second-order valence-corrected chi connectivity index (χ2v) is 7.95. The van der Waals surface area contributed by atoms with E-state index in [0.29, 0.717) is 11.5 Å². The maximum atomic E-state index is 11.6. The van der Waals surface area contributed by atoms with E-state index in [9.17, 15) is 8.42 Å². The van der Waals surface area contributed by atoms with Crippen LogP contribution in [0.2, 0.25) is 0 Å². The summed E-state index contributed by atoms with van der Waals surface area (Å²) in [4.78, 5) is 4.44. The van der Waals surface area contributed by atoms with E-state index in [0.717, 1.165) is 30.5 Å². The van der Waals surface area contributed by atoms with Gasteiger partial charge in [0.25, 0.3) is 0 Å². The first kappa shape index (κ1) is 16.7. The maximum Gasteiger partial charge on any atom is 0.175 e. The van der Waals surface area contributed by atoms with Crippen LogP contribution in [0.3, 0.4) is 0 Å². The topological polar surface area (TPSA) is 68.3 Å². The van der Waals surface area contributed by atoms with Gasteiger partial charge in [0.05, 0.1) is 11.1 Å². The molecule has 0 spiro atoms. The minimum atomic E-state index is -3.27. The van der Waals surface area contributed by atoms with Crippen molar-refractivity contribution >= 4 is 15.4 Å². The Morgan fingerprint density at radius 2 is 2.12 bits per heavy atom. The third-order valence-corrected chi connectivity index (χ3v) is 5.14. The van der Waals surface area contributed by atoms with Crippen LogP contribution < -0.4 is 10.1 Å². The van der Waals surface area contributed by atoms with Gasteiger partial charge in [-0.1, -0.05) is 12.6 Å². The highest BCUT2D eigenvalue weighted by Gasteiger charge is 2.18. The summed E-state index contributed by atoms with van der Waals surface area (Å²) in [5.74, 6) is 1.01. The predicted octanol–water partition coefficient (Wildman–Crippen LogP) is 3.04. The van der Waals surface area contributed by atoms with E-state index >= 15 is 0 Å². The van der Waals surface area contributed by atoms with Gasteiger partial charge in [-0.2, -0.15) is 0 Å². The molecule has 1 N–H and O–H groups in total. The standard InChI is InChI=1S/C18H20N2O3S/c1-13(18-7-4-8-20-18)14-9-16(12-19-11-14)23-15-5-3-6-17(10-15)24(2,21)22/h3,5-6,9-12,18,20H,1,4,7-8H2,2H3/t18-/m1/s1. The summed E-state index contributed by atoms with van der Waals surface area (Å²) in [6, 6.07) is 8.58. The molecule has 3 rings (SSSR count). The van der Waals surface area contributed by atoms with Gasteiger partial charge in [0.2, 0.25) is 0 Å². The van der Waals surface area contributed by atoms with Crippen molar-refractivity contribution in [1.29, 1.82) is 0 Å². The van der Waals surface area contributed by atoms with E-state index in [1.807, 2.05) is 6.07 Å². The van der Waals surface area contributed by atoms with Gasteiger partial charge < -0.3 is 10.1 Å². The zero-order valence-corrected chi connectivity index (χ0v) is 14.3. The first-order chi connectivity index (χ1) is 11.4. The molecule has 0 radical (unpaired) electrons. The Kier molecular flexibility index (Phi) is 4.69. The molecule has 0 unspecified atom stereocenters. The minimum Gasteiger partial charge on any atom is -0.456 e. The number of hydrogen-bond acceptors (Lipinski definition) is 5. The van der Waals surface area contributed by atoms with Gasteiger partial charge in [-0.25, -0.2) is 8.42 Å². The summed E-state index contributed by atoms with van der Waals surface area (Å²) in [6.45, 7) is 5.17. The van der Waals surface area contributed by atoms with Crippen LogP contribution in [0.1, 0.15) is 18.4 Å². The number of nitrogens with zero attached hydrogens (tertiary/aromatic N) is 1. The van der Waals surface area contributed by atoms with Crippen LogP contribution in [-0.4, -0.2) is 32.2 Å². The average Bonchev–Trinajstić information content (AvgIpc) is 3.08. The molecular weight excluding hydrogens is 324 g/mol. The summed E-state index contributed by atoms with van der Waals surface area (Å²) >= 11 is 0. The average molecular weight is 344 g/mol. The normalized spacial score (nSPS) is 17.6. The van der Waals surface area contributed by atoms with Crippen molar-refractivity contribution in [1.82, 2.24) is 10.3 Å². The van der Waals surface area contributed by atoms with Crippen molar-refractivity contribution in [2.75, 3.05) is 12.8 Å². The number of aromatic nitrogens is 1. The molecule has 1 aliphatic rings.